The topological polar surface area (TPSA) is 61.5 Å². The molecule has 0 bridgehead atoms. The van der Waals surface area contributed by atoms with Crippen LogP contribution in [-0.4, -0.2) is 39.4 Å². The predicted octanol–water partition coefficient (Wildman–Crippen LogP) is 0.866. The van der Waals surface area contributed by atoms with Gasteiger partial charge in [0.15, 0.2) is 11.5 Å². The molecule has 0 radical (unpaired) electrons. The van der Waals surface area contributed by atoms with Crippen LogP contribution in [0.25, 0.3) is 5.65 Å². The fourth-order valence-electron chi connectivity index (χ4n) is 1.65. The van der Waals surface area contributed by atoms with Gasteiger partial charge in [0.2, 0.25) is 0 Å². The molecule has 0 aliphatic carbocycles. The highest BCUT2D eigenvalue weighted by Crippen LogP contribution is 2.20. The second-order valence-electron chi connectivity index (χ2n) is 3.43. The van der Waals surface area contributed by atoms with Gasteiger partial charge in [-0.2, -0.15) is 0 Å². The van der Waals surface area contributed by atoms with Crippen LogP contribution in [0.3, 0.4) is 0 Å². The van der Waals surface area contributed by atoms with Crippen LogP contribution in [0.5, 0.6) is 0 Å². The number of rotatable bonds is 1. The monoisotopic (exact) mass is 240 g/mol. The Morgan fingerprint density at radius 1 is 1.38 bits per heavy atom. The van der Waals surface area contributed by atoms with Gasteiger partial charge >= 0.3 is 0 Å². The highest BCUT2D eigenvalue weighted by molar-refractivity contribution is 6.29. The van der Waals surface area contributed by atoms with Crippen molar-refractivity contribution in [3.8, 4) is 0 Å². The van der Waals surface area contributed by atoms with Crippen LogP contribution >= 0.6 is 11.6 Å². The summed E-state index contributed by atoms with van der Waals surface area (Å²) >= 11 is 5.77. The van der Waals surface area contributed by atoms with Gasteiger partial charge in [-0.1, -0.05) is 11.6 Å². The summed E-state index contributed by atoms with van der Waals surface area (Å²) in [6, 6.07) is 1.65. The number of halogens is 1. The minimum atomic E-state index is -0.188. The minimum absolute atomic E-state index is 0.188. The van der Waals surface area contributed by atoms with E-state index in [9.17, 15) is 0 Å². The SMILES string of the molecule is Clc1cc2nnc(C3COCCO3)n2cn1. The lowest BCUT2D eigenvalue weighted by Crippen LogP contribution is -2.23. The highest BCUT2D eigenvalue weighted by atomic mass is 35.5. The third kappa shape index (κ3) is 1.64. The molecule has 84 valence electrons. The summed E-state index contributed by atoms with van der Waals surface area (Å²) in [4.78, 5) is 3.99. The van der Waals surface area contributed by atoms with E-state index in [-0.39, 0.29) is 6.10 Å². The summed E-state index contributed by atoms with van der Waals surface area (Å²) in [7, 11) is 0. The first-order valence-electron chi connectivity index (χ1n) is 4.90. The van der Waals surface area contributed by atoms with Crippen molar-refractivity contribution in [2.75, 3.05) is 19.8 Å². The van der Waals surface area contributed by atoms with E-state index in [0.717, 1.165) is 0 Å². The molecule has 1 unspecified atom stereocenters. The zero-order valence-electron chi connectivity index (χ0n) is 8.34. The first-order valence-corrected chi connectivity index (χ1v) is 5.28. The summed E-state index contributed by atoms with van der Waals surface area (Å²) in [6.45, 7) is 1.68. The molecule has 6 nitrogen and oxygen atoms in total. The Hall–Kier alpha value is -1.24. The maximum Gasteiger partial charge on any atom is 0.170 e. The summed E-state index contributed by atoms with van der Waals surface area (Å²) in [5, 5.41) is 8.47. The fourth-order valence-corrected chi connectivity index (χ4v) is 1.79. The molecule has 0 saturated carbocycles. The van der Waals surface area contributed by atoms with Crippen LogP contribution in [0, 0.1) is 0 Å². The predicted molar refractivity (Wildman–Crippen MR) is 55.3 cm³/mol. The molecule has 0 aromatic carbocycles. The molecule has 1 atom stereocenters. The zero-order chi connectivity index (χ0) is 11.0. The molecule has 1 aliphatic rings. The Bertz CT molecular complexity index is 509. The van der Waals surface area contributed by atoms with Crippen LogP contribution in [0.1, 0.15) is 11.9 Å². The lowest BCUT2D eigenvalue weighted by atomic mass is 10.3. The van der Waals surface area contributed by atoms with Crippen LogP contribution in [0.2, 0.25) is 5.15 Å². The zero-order valence-corrected chi connectivity index (χ0v) is 9.09. The molecule has 1 aliphatic heterocycles. The molecule has 3 heterocycles. The average molecular weight is 241 g/mol. The van der Waals surface area contributed by atoms with Gasteiger partial charge in [-0.05, 0) is 0 Å². The highest BCUT2D eigenvalue weighted by Gasteiger charge is 2.22. The molecule has 3 rings (SSSR count). The van der Waals surface area contributed by atoms with Crippen molar-refractivity contribution in [3.63, 3.8) is 0 Å². The van der Waals surface area contributed by atoms with E-state index in [1.54, 1.807) is 16.8 Å². The summed E-state index contributed by atoms with van der Waals surface area (Å²) in [6.07, 6.45) is 1.40. The molecule has 16 heavy (non-hydrogen) atoms. The van der Waals surface area contributed by atoms with Crippen LogP contribution in [0.4, 0.5) is 0 Å². The third-order valence-corrected chi connectivity index (χ3v) is 2.60. The van der Waals surface area contributed by atoms with Crippen molar-refractivity contribution in [2.45, 2.75) is 6.10 Å². The lowest BCUT2D eigenvalue weighted by molar-refractivity contribution is -0.0939. The number of nitrogens with zero attached hydrogens (tertiary/aromatic N) is 4. The largest absolute Gasteiger partial charge is 0.376 e. The van der Waals surface area contributed by atoms with Gasteiger partial charge in [0.25, 0.3) is 0 Å². The molecule has 0 spiro atoms. The Morgan fingerprint density at radius 2 is 2.31 bits per heavy atom. The van der Waals surface area contributed by atoms with E-state index in [0.29, 0.717) is 36.4 Å². The van der Waals surface area contributed by atoms with E-state index in [1.807, 2.05) is 0 Å². The van der Waals surface area contributed by atoms with Gasteiger partial charge < -0.3 is 9.47 Å². The van der Waals surface area contributed by atoms with E-state index >= 15 is 0 Å². The maximum absolute atomic E-state index is 5.77. The fraction of sp³-hybridized carbons (Fsp3) is 0.444. The Kier molecular flexibility index (Phi) is 2.47. The van der Waals surface area contributed by atoms with Gasteiger partial charge in [-0.15, -0.1) is 10.2 Å². The minimum Gasteiger partial charge on any atom is -0.376 e. The van der Waals surface area contributed by atoms with Crippen molar-refractivity contribution < 1.29 is 9.47 Å². The van der Waals surface area contributed by atoms with Crippen molar-refractivity contribution >= 4 is 17.2 Å². The quantitative estimate of drug-likeness (QED) is 0.692. The first-order chi connectivity index (χ1) is 7.84. The Balaban J connectivity index is 2.03. The lowest BCUT2D eigenvalue weighted by Gasteiger charge is -2.21. The molecular formula is C9H9ClN4O2. The second kappa shape index (κ2) is 3.97. The van der Waals surface area contributed by atoms with Gasteiger partial charge in [0.05, 0.1) is 19.8 Å². The standard InChI is InChI=1S/C9H9ClN4O2/c10-7-3-8-12-13-9(14(8)5-11-7)6-4-15-1-2-16-6/h3,5-6H,1-2,4H2. The molecule has 1 saturated heterocycles. The van der Waals surface area contributed by atoms with Crippen molar-refractivity contribution in [1.29, 1.82) is 0 Å². The number of aromatic nitrogens is 4. The number of ether oxygens (including phenoxy) is 2. The van der Waals surface area contributed by atoms with Gasteiger partial charge in [0, 0.05) is 6.07 Å². The van der Waals surface area contributed by atoms with Gasteiger partial charge in [-0.3, -0.25) is 4.40 Å². The molecule has 2 aromatic heterocycles. The number of hydrogen-bond donors (Lipinski definition) is 0. The van der Waals surface area contributed by atoms with E-state index in [2.05, 4.69) is 15.2 Å². The molecule has 0 amide bonds. The van der Waals surface area contributed by atoms with E-state index < -0.39 is 0 Å². The molecule has 2 aromatic rings. The van der Waals surface area contributed by atoms with E-state index in [1.165, 1.54) is 0 Å². The van der Waals surface area contributed by atoms with Gasteiger partial charge in [0.1, 0.15) is 17.6 Å². The normalized spacial score (nSPS) is 21.4. The van der Waals surface area contributed by atoms with E-state index in [4.69, 9.17) is 21.1 Å². The molecule has 0 N–H and O–H groups in total. The summed E-state index contributed by atoms with van der Waals surface area (Å²) in [5.41, 5.74) is 0.657. The number of hydrogen-bond acceptors (Lipinski definition) is 5. The van der Waals surface area contributed by atoms with Crippen LogP contribution in [0.15, 0.2) is 12.4 Å². The molecular weight excluding hydrogens is 232 g/mol. The van der Waals surface area contributed by atoms with Gasteiger partial charge in [-0.25, -0.2) is 4.98 Å². The Labute approximate surface area is 96.2 Å². The second-order valence-corrected chi connectivity index (χ2v) is 3.82. The first kappa shape index (κ1) is 9.95. The van der Waals surface area contributed by atoms with Crippen LogP contribution < -0.4 is 0 Å². The maximum atomic E-state index is 5.77. The van der Waals surface area contributed by atoms with Crippen LogP contribution in [-0.2, 0) is 9.47 Å². The molecule has 1 fully saturated rings. The number of fused-ring (bicyclic) bond motifs is 1. The smallest absolute Gasteiger partial charge is 0.170 e. The average Bonchev–Trinajstić information content (AvgIpc) is 2.73. The van der Waals surface area contributed by atoms with Crippen molar-refractivity contribution in [3.05, 3.63) is 23.4 Å². The third-order valence-electron chi connectivity index (χ3n) is 2.40. The van der Waals surface area contributed by atoms with Crippen molar-refractivity contribution in [1.82, 2.24) is 19.6 Å². The Morgan fingerprint density at radius 3 is 3.12 bits per heavy atom. The van der Waals surface area contributed by atoms with Crippen molar-refractivity contribution in [2.24, 2.45) is 0 Å². The summed E-state index contributed by atoms with van der Waals surface area (Å²) in [5.74, 6) is 0.693. The molecule has 7 heteroatoms. The summed E-state index contributed by atoms with van der Waals surface area (Å²) < 4.78 is 12.6.